The van der Waals surface area contributed by atoms with Gasteiger partial charge in [0.2, 0.25) is 0 Å². The van der Waals surface area contributed by atoms with Crippen molar-refractivity contribution in [3.63, 3.8) is 0 Å². The van der Waals surface area contributed by atoms with Gasteiger partial charge in [-0.2, -0.15) is 0 Å². The molecule has 5 heteroatoms. The van der Waals surface area contributed by atoms with E-state index in [1.165, 1.54) is 16.9 Å². The Labute approximate surface area is 123 Å². The van der Waals surface area contributed by atoms with Crippen LogP contribution in [0.4, 0.5) is 5.69 Å². The van der Waals surface area contributed by atoms with Gasteiger partial charge in [-0.05, 0) is 58.1 Å². The van der Waals surface area contributed by atoms with Crippen molar-refractivity contribution in [2.45, 2.75) is 13.0 Å². The van der Waals surface area contributed by atoms with Gasteiger partial charge in [0.05, 0.1) is 10.0 Å². The van der Waals surface area contributed by atoms with Crippen molar-refractivity contribution in [3.8, 4) is 0 Å². The summed E-state index contributed by atoms with van der Waals surface area (Å²) in [5, 5.41) is 6.17. The van der Waals surface area contributed by atoms with Crippen molar-refractivity contribution in [2.75, 3.05) is 5.32 Å². The van der Waals surface area contributed by atoms with E-state index in [-0.39, 0.29) is 6.04 Å². The second-order valence-electron chi connectivity index (χ2n) is 3.67. The molecule has 1 heterocycles. The molecule has 0 bridgehead atoms. The predicted octanol–water partition coefficient (Wildman–Crippen LogP) is 5.99. The van der Waals surface area contributed by atoms with Crippen molar-refractivity contribution in [2.24, 2.45) is 0 Å². The average Bonchev–Trinajstić information content (AvgIpc) is 2.70. The van der Waals surface area contributed by atoms with Gasteiger partial charge in [-0.1, -0.05) is 23.2 Å². The third kappa shape index (κ3) is 3.38. The molecule has 0 spiro atoms. The van der Waals surface area contributed by atoms with Crippen LogP contribution in [0.5, 0.6) is 0 Å². The molecular formula is C12H10BrCl2NS. The van der Waals surface area contributed by atoms with Gasteiger partial charge >= 0.3 is 0 Å². The van der Waals surface area contributed by atoms with Crippen LogP contribution in [0.2, 0.25) is 9.36 Å². The summed E-state index contributed by atoms with van der Waals surface area (Å²) in [5.74, 6) is 0. The van der Waals surface area contributed by atoms with Crippen LogP contribution < -0.4 is 5.32 Å². The van der Waals surface area contributed by atoms with E-state index < -0.39 is 0 Å². The fourth-order valence-electron chi connectivity index (χ4n) is 1.48. The first-order chi connectivity index (χ1) is 8.06. The highest BCUT2D eigenvalue weighted by Gasteiger charge is 2.09. The number of thiophene rings is 1. The minimum atomic E-state index is 0.188. The zero-order valence-corrected chi connectivity index (χ0v) is 12.9. The van der Waals surface area contributed by atoms with Gasteiger partial charge in [-0.25, -0.2) is 0 Å². The predicted molar refractivity (Wildman–Crippen MR) is 80.5 cm³/mol. The first-order valence-corrected chi connectivity index (χ1v) is 7.44. The SMILES string of the molecule is CC(Nc1cc(Cl)ccc1Br)c1csc(Cl)c1. The molecule has 0 aliphatic rings. The molecule has 1 aromatic carbocycles. The number of nitrogens with one attached hydrogen (secondary N) is 1. The molecule has 90 valence electrons. The molecule has 17 heavy (non-hydrogen) atoms. The minimum Gasteiger partial charge on any atom is -0.378 e. The molecule has 0 amide bonds. The van der Waals surface area contributed by atoms with E-state index in [2.05, 4.69) is 33.6 Å². The Balaban J connectivity index is 2.18. The molecular weight excluding hydrogens is 341 g/mol. The number of hydrogen-bond acceptors (Lipinski definition) is 2. The molecule has 0 saturated carbocycles. The van der Waals surface area contributed by atoms with Crippen LogP contribution in [0.3, 0.4) is 0 Å². The van der Waals surface area contributed by atoms with E-state index >= 15 is 0 Å². The third-order valence-electron chi connectivity index (χ3n) is 2.39. The highest BCUT2D eigenvalue weighted by atomic mass is 79.9. The molecule has 1 unspecified atom stereocenters. The zero-order valence-electron chi connectivity index (χ0n) is 9.01. The normalized spacial score (nSPS) is 12.5. The van der Waals surface area contributed by atoms with Crippen LogP contribution in [-0.4, -0.2) is 0 Å². The molecule has 2 rings (SSSR count). The van der Waals surface area contributed by atoms with Crippen LogP contribution >= 0.6 is 50.5 Å². The fraction of sp³-hybridized carbons (Fsp3) is 0.167. The van der Waals surface area contributed by atoms with E-state index in [9.17, 15) is 0 Å². The second kappa shape index (κ2) is 5.61. The molecule has 2 aromatic rings. The van der Waals surface area contributed by atoms with Crippen molar-refractivity contribution in [1.29, 1.82) is 0 Å². The maximum absolute atomic E-state index is 5.97. The number of halogens is 3. The maximum Gasteiger partial charge on any atom is 0.0931 e. The smallest absolute Gasteiger partial charge is 0.0931 e. The van der Waals surface area contributed by atoms with Gasteiger partial charge in [0.1, 0.15) is 0 Å². The second-order valence-corrected chi connectivity index (χ2v) is 6.51. The van der Waals surface area contributed by atoms with Crippen LogP contribution in [0, 0.1) is 0 Å². The van der Waals surface area contributed by atoms with Crippen LogP contribution in [0.25, 0.3) is 0 Å². The molecule has 0 aliphatic carbocycles. The number of hydrogen-bond donors (Lipinski definition) is 1. The first-order valence-electron chi connectivity index (χ1n) is 5.02. The van der Waals surface area contributed by atoms with Crippen LogP contribution in [-0.2, 0) is 0 Å². The summed E-state index contributed by atoms with van der Waals surface area (Å²) in [5.41, 5.74) is 2.15. The summed E-state index contributed by atoms with van der Waals surface area (Å²) < 4.78 is 1.80. The summed E-state index contributed by atoms with van der Waals surface area (Å²) in [4.78, 5) is 0. The zero-order chi connectivity index (χ0) is 12.4. The molecule has 1 aromatic heterocycles. The van der Waals surface area contributed by atoms with Crippen molar-refractivity contribution < 1.29 is 0 Å². The summed E-state index contributed by atoms with van der Waals surface area (Å²) >= 11 is 16.9. The molecule has 0 saturated heterocycles. The van der Waals surface area contributed by atoms with Gasteiger partial charge in [0.25, 0.3) is 0 Å². The van der Waals surface area contributed by atoms with Gasteiger partial charge in [0, 0.05) is 15.5 Å². The van der Waals surface area contributed by atoms with E-state index in [4.69, 9.17) is 23.2 Å². The van der Waals surface area contributed by atoms with E-state index in [0.29, 0.717) is 5.02 Å². The van der Waals surface area contributed by atoms with Gasteiger partial charge in [0.15, 0.2) is 0 Å². The van der Waals surface area contributed by atoms with E-state index in [1.54, 1.807) is 0 Å². The molecule has 0 aliphatic heterocycles. The summed E-state index contributed by atoms with van der Waals surface area (Å²) in [6, 6.07) is 7.84. The maximum atomic E-state index is 5.97. The monoisotopic (exact) mass is 349 g/mol. The summed E-state index contributed by atoms with van der Waals surface area (Å²) in [6.07, 6.45) is 0. The van der Waals surface area contributed by atoms with E-state index in [0.717, 1.165) is 14.5 Å². The van der Waals surface area contributed by atoms with Crippen LogP contribution in [0.15, 0.2) is 34.1 Å². The Morgan fingerprint density at radius 3 is 2.71 bits per heavy atom. The van der Waals surface area contributed by atoms with Crippen molar-refractivity contribution in [3.05, 3.63) is 49.0 Å². The Hall–Kier alpha value is -0.220. The molecule has 0 fully saturated rings. The third-order valence-corrected chi connectivity index (χ3v) is 4.42. The highest BCUT2D eigenvalue weighted by Crippen LogP contribution is 2.31. The van der Waals surface area contributed by atoms with E-state index in [1.807, 2.05) is 24.3 Å². The fourth-order valence-corrected chi connectivity index (χ4v) is 2.99. The molecule has 0 radical (unpaired) electrons. The summed E-state index contributed by atoms with van der Waals surface area (Å²) in [6.45, 7) is 2.09. The number of anilines is 1. The number of rotatable bonds is 3. The Bertz CT molecular complexity index is 527. The highest BCUT2D eigenvalue weighted by molar-refractivity contribution is 9.10. The van der Waals surface area contributed by atoms with Crippen LogP contribution in [0.1, 0.15) is 18.5 Å². The minimum absolute atomic E-state index is 0.188. The lowest BCUT2D eigenvalue weighted by Crippen LogP contribution is -2.05. The number of benzene rings is 1. The molecule has 1 N–H and O–H groups in total. The Morgan fingerprint density at radius 2 is 2.06 bits per heavy atom. The standard InChI is InChI=1S/C12H10BrCl2NS/c1-7(8-4-12(15)17-6-8)16-11-5-9(14)2-3-10(11)13/h2-7,16H,1H3. The lowest BCUT2D eigenvalue weighted by molar-refractivity contribution is 0.889. The topological polar surface area (TPSA) is 12.0 Å². The first kappa shape index (κ1) is 13.2. The average molecular weight is 351 g/mol. The summed E-state index contributed by atoms with van der Waals surface area (Å²) in [7, 11) is 0. The van der Waals surface area contributed by atoms with Crippen molar-refractivity contribution >= 4 is 56.2 Å². The Morgan fingerprint density at radius 1 is 1.29 bits per heavy atom. The quantitative estimate of drug-likeness (QED) is 0.716. The van der Waals surface area contributed by atoms with Gasteiger partial charge in [-0.15, -0.1) is 11.3 Å². The lowest BCUT2D eigenvalue weighted by Gasteiger charge is -2.15. The van der Waals surface area contributed by atoms with Crippen molar-refractivity contribution in [1.82, 2.24) is 0 Å². The lowest BCUT2D eigenvalue weighted by atomic mass is 10.1. The largest absolute Gasteiger partial charge is 0.378 e. The molecule has 1 atom stereocenters. The van der Waals surface area contributed by atoms with Gasteiger partial charge in [-0.3, -0.25) is 0 Å². The van der Waals surface area contributed by atoms with Gasteiger partial charge < -0.3 is 5.32 Å². The molecule has 1 nitrogen and oxygen atoms in total. The Kier molecular flexibility index (Phi) is 4.36.